The molecule has 1 fully saturated rings. The fourth-order valence-corrected chi connectivity index (χ4v) is 5.50. The maximum absolute atomic E-state index is 12.4. The number of likely N-dealkylation sites (N-methyl/N-ethyl adjacent to an activating group) is 1. The topological polar surface area (TPSA) is 58.2 Å². The van der Waals surface area contributed by atoms with E-state index in [0.717, 1.165) is 55.8 Å². The predicted molar refractivity (Wildman–Crippen MR) is 132 cm³/mol. The highest BCUT2D eigenvalue weighted by atomic mass is 32.2. The molecule has 5 rings (SSSR count). The van der Waals surface area contributed by atoms with Crippen LogP contribution in [0.15, 0.2) is 53.6 Å². The van der Waals surface area contributed by atoms with Crippen molar-refractivity contribution in [2.75, 3.05) is 26.0 Å². The Kier molecular flexibility index (Phi) is 5.74. The van der Waals surface area contributed by atoms with E-state index in [1.807, 2.05) is 31.3 Å². The quantitative estimate of drug-likeness (QED) is 0.436. The summed E-state index contributed by atoms with van der Waals surface area (Å²) in [6, 6.07) is 14.9. The Balaban J connectivity index is 1.65. The largest absolute Gasteiger partial charge is 0.490 e. The van der Waals surface area contributed by atoms with Crippen LogP contribution in [0.1, 0.15) is 25.3 Å². The summed E-state index contributed by atoms with van der Waals surface area (Å²) in [7, 11) is 1.18. The van der Waals surface area contributed by atoms with Gasteiger partial charge in [-0.25, -0.2) is 4.98 Å². The number of likely N-dealkylation sites (tertiary alicyclic amines) is 1. The molecule has 0 radical (unpaired) electrons. The molecule has 2 aromatic heterocycles. The predicted octanol–water partition coefficient (Wildman–Crippen LogP) is 5.29. The third kappa shape index (κ3) is 3.82. The van der Waals surface area contributed by atoms with Crippen molar-refractivity contribution in [2.24, 2.45) is 0 Å². The van der Waals surface area contributed by atoms with Gasteiger partial charge in [0.2, 0.25) is 0 Å². The van der Waals surface area contributed by atoms with E-state index < -0.39 is 10.8 Å². The molecule has 1 N–H and O–H groups in total. The molecule has 166 valence electrons. The summed E-state index contributed by atoms with van der Waals surface area (Å²) in [4.78, 5) is 11.4. The lowest BCUT2D eigenvalue weighted by molar-refractivity contribution is 0.199. The van der Waals surface area contributed by atoms with Gasteiger partial charge in [0.15, 0.2) is 0 Å². The Hall–Kier alpha value is -2.70. The Labute approximate surface area is 191 Å². The molecular formula is C26H29N3O2S. The van der Waals surface area contributed by atoms with Crippen LogP contribution in [0.2, 0.25) is 0 Å². The highest BCUT2D eigenvalue weighted by Gasteiger charge is 2.22. The highest BCUT2D eigenvalue weighted by molar-refractivity contribution is 7.85. The molecule has 0 bridgehead atoms. The zero-order valence-corrected chi connectivity index (χ0v) is 19.7. The smallest absolute Gasteiger partial charge is 0.143 e. The minimum absolute atomic E-state index is 0.454. The zero-order chi connectivity index (χ0) is 22.2. The summed E-state index contributed by atoms with van der Waals surface area (Å²) >= 11 is 0. The Morgan fingerprint density at radius 1 is 1.25 bits per heavy atom. The van der Waals surface area contributed by atoms with E-state index in [4.69, 9.17) is 4.74 Å². The SMILES string of the molecule is CCS(=O)c1cccc(-c2ccc(OCC3CCCN3C)c3[nH]c4ncc(C)cc4c23)c1. The molecular weight excluding hydrogens is 418 g/mol. The molecule has 2 unspecified atom stereocenters. The van der Waals surface area contributed by atoms with Crippen LogP contribution in [0, 0.1) is 6.92 Å². The summed E-state index contributed by atoms with van der Waals surface area (Å²) < 4.78 is 18.8. The minimum atomic E-state index is -0.991. The molecule has 1 aliphatic rings. The van der Waals surface area contributed by atoms with Gasteiger partial charge in [-0.15, -0.1) is 0 Å². The number of aromatic amines is 1. The van der Waals surface area contributed by atoms with Gasteiger partial charge in [0, 0.05) is 33.7 Å². The molecule has 1 saturated heterocycles. The third-order valence-electron chi connectivity index (χ3n) is 6.48. The van der Waals surface area contributed by atoms with Crippen molar-refractivity contribution in [1.82, 2.24) is 14.9 Å². The molecule has 32 heavy (non-hydrogen) atoms. The van der Waals surface area contributed by atoms with Crippen molar-refractivity contribution in [1.29, 1.82) is 0 Å². The maximum atomic E-state index is 12.4. The van der Waals surface area contributed by atoms with Crippen molar-refractivity contribution in [3.05, 3.63) is 54.2 Å². The van der Waals surface area contributed by atoms with Gasteiger partial charge in [0.1, 0.15) is 18.0 Å². The van der Waals surface area contributed by atoms with E-state index in [9.17, 15) is 4.21 Å². The molecule has 3 heterocycles. The monoisotopic (exact) mass is 447 g/mol. The van der Waals surface area contributed by atoms with Crippen molar-refractivity contribution < 1.29 is 8.95 Å². The van der Waals surface area contributed by atoms with Gasteiger partial charge in [-0.05, 0) is 80.4 Å². The second kappa shape index (κ2) is 8.68. The molecule has 2 aromatic carbocycles. The zero-order valence-electron chi connectivity index (χ0n) is 18.9. The van der Waals surface area contributed by atoms with E-state index in [0.29, 0.717) is 18.4 Å². The summed E-state index contributed by atoms with van der Waals surface area (Å²) in [6.07, 6.45) is 4.28. The Bertz CT molecular complexity index is 1310. The van der Waals surface area contributed by atoms with Crippen LogP contribution in [0.4, 0.5) is 0 Å². The number of nitrogens with one attached hydrogen (secondary N) is 1. The number of hydrogen-bond acceptors (Lipinski definition) is 4. The number of pyridine rings is 1. The van der Waals surface area contributed by atoms with Gasteiger partial charge in [-0.1, -0.05) is 19.1 Å². The van der Waals surface area contributed by atoms with E-state index in [1.54, 1.807) is 0 Å². The van der Waals surface area contributed by atoms with E-state index in [1.165, 1.54) is 12.8 Å². The Morgan fingerprint density at radius 3 is 2.91 bits per heavy atom. The number of nitrogens with zero attached hydrogens (tertiary/aromatic N) is 2. The maximum Gasteiger partial charge on any atom is 0.143 e. The van der Waals surface area contributed by atoms with Gasteiger partial charge >= 0.3 is 0 Å². The number of H-pyrrole nitrogens is 1. The molecule has 6 heteroatoms. The minimum Gasteiger partial charge on any atom is -0.490 e. The number of aromatic nitrogens is 2. The molecule has 5 nitrogen and oxygen atoms in total. The number of hydrogen-bond donors (Lipinski definition) is 1. The van der Waals surface area contributed by atoms with Gasteiger partial charge < -0.3 is 14.6 Å². The third-order valence-corrected chi connectivity index (χ3v) is 7.78. The fraction of sp³-hybridized carbons (Fsp3) is 0.346. The standard InChI is InChI=1S/C26H29N3O2S/c1-4-32(30)20-9-5-7-18(14-20)21-10-11-23(31-16-19-8-6-12-29(19)3)25-24(21)22-13-17(2)15-27-26(22)28-25/h5,7,9-11,13-15,19H,4,6,8,12,16H2,1-3H3,(H,27,28). The molecule has 1 aliphatic heterocycles. The van der Waals surface area contributed by atoms with Crippen LogP contribution in [-0.4, -0.2) is 51.1 Å². The van der Waals surface area contributed by atoms with Crippen LogP contribution in [0.25, 0.3) is 33.1 Å². The van der Waals surface area contributed by atoms with E-state index >= 15 is 0 Å². The number of benzene rings is 2. The second-order valence-corrected chi connectivity index (χ2v) is 10.4. The highest BCUT2D eigenvalue weighted by Crippen LogP contribution is 2.39. The Morgan fingerprint density at radius 2 is 2.12 bits per heavy atom. The van der Waals surface area contributed by atoms with Crippen molar-refractivity contribution in [3.8, 4) is 16.9 Å². The van der Waals surface area contributed by atoms with Crippen LogP contribution in [0.3, 0.4) is 0 Å². The lowest BCUT2D eigenvalue weighted by Gasteiger charge is -2.20. The first-order chi connectivity index (χ1) is 15.5. The summed E-state index contributed by atoms with van der Waals surface area (Å²) in [6.45, 7) is 5.82. The number of fused-ring (bicyclic) bond motifs is 3. The lowest BCUT2D eigenvalue weighted by atomic mass is 9.99. The van der Waals surface area contributed by atoms with Crippen LogP contribution in [-0.2, 0) is 10.8 Å². The van der Waals surface area contributed by atoms with Crippen LogP contribution in [0.5, 0.6) is 5.75 Å². The number of aryl methyl sites for hydroxylation is 1. The average molecular weight is 448 g/mol. The first kappa shape index (κ1) is 21.2. The molecule has 2 atom stereocenters. The number of ether oxygens (including phenoxy) is 1. The first-order valence-corrected chi connectivity index (χ1v) is 12.6. The summed E-state index contributed by atoms with van der Waals surface area (Å²) in [5.41, 5.74) is 5.09. The van der Waals surface area contributed by atoms with Gasteiger partial charge in [-0.3, -0.25) is 4.21 Å². The van der Waals surface area contributed by atoms with Gasteiger partial charge in [0.05, 0.1) is 16.3 Å². The van der Waals surface area contributed by atoms with Crippen molar-refractivity contribution in [2.45, 2.75) is 37.6 Å². The molecule has 0 aliphatic carbocycles. The van der Waals surface area contributed by atoms with Crippen molar-refractivity contribution in [3.63, 3.8) is 0 Å². The summed E-state index contributed by atoms with van der Waals surface area (Å²) in [5, 5.41) is 2.19. The first-order valence-electron chi connectivity index (χ1n) is 11.3. The average Bonchev–Trinajstić information content (AvgIpc) is 3.40. The molecule has 0 spiro atoms. The molecule has 4 aromatic rings. The number of rotatable bonds is 6. The van der Waals surface area contributed by atoms with E-state index in [-0.39, 0.29) is 0 Å². The van der Waals surface area contributed by atoms with Gasteiger partial charge in [-0.2, -0.15) is 0 Å². The molecule has 0 amide bonds. The van der Waals surface area contributed by atoms with Crippen LogP contribution < -0.4 is 4.74 Å². The normalized spacial score (nSPS) is 17.9. The van der Waals surface area contributed by atoms with Gasteiger partial charge in [0.25, 0.3) is 0 Å². The lowest BCUT2D eigenvalue weighted by Crippen LogP contribution is -2.30. The fourth-order valence-electron chi connectivity index (χ4n) is 4.67. The van der Waals surface area contributed by atoms with Crippen molar-refractivity contribution >= 4 is 32.7 Å². The van der Waals surface area contributed by atoms with Crippen LogP contribution >= 0.6 is 0 Å². The molecule has 0 saturated carbocycles. The van der Waals surface area contributed by atoms with E-state index in [2.05, 4.69) is 53.1 Å². The summed E-state index contributed by atoms with van der Waals surface area (Å²) in [5.74, 6) is 1.46. The second-order valence-electron chi connectivity index (χ2n) is 8.64.